The second kappa shape index (κ2) is 11.5. The maximum Gasteiger partial charge on any atom is 0.119 e. The van der Waals surface area contributed by atoms with Crippen LogP contribution in [0, 0.1) is 0 Å². The van der Waals surface area contributed by atoms with Gasteiger partial charge >= 0.3 is 0 Å². The molecule has 0 saturated carbocycles. The second-order valence-corrected chi connectivity index (χ2v) is 8.47. The first-order chi connectivity index (χ1) is 16.3. The highest BCUT2D eigenvalue weighted by atomic mass is 16.5. The lowest BCUT2D eigenvalue weighted by atomic mass is 10.0. The van der Waals surface area contributed by atoms with Gasteiger partial charge in [-0.15, -0.1) is 0 Å². The molecular formula is C30H33NO2. The summed E-state index contributed by atoms with van der Waals surface area (Å²) in [5.41, 5.74) is 5.42. The third-order valence-electron chi connectivity index (χ3n) is 6.03. The van der Waals surface area contributed by atoms with Gasteiger partial charge in [0, 0.05) is 10.9 Å². The summed E-state index contributed by atoms with van der Waals surface area (Å²) < 4.78 is 11.2. The summed E-state index contributed by atoms with van der Waals surface area (Å²) in [7, 11) is 1.68. The summed E-state index contributed by atoms with van der Waals surface area (Å²) in [4.78, 5) is 4.82. The van der Waals surface area contributed by atoms with E-state index in [1.165, 1.54) is 43.2 Å². The van der Waals surface area contributed by atoms with E-state index >= 15 is 0 Å². The van der Waals surface area contributed by atoms with Crippen LogP contribution < -0.4 is 9.47 Å². The molecule has 3 heteroatoms. The molecule has 33 heavy (non-hydrogen) atoms. The number of hydrogen-bond acceptors (Lipinski definition) is 3. The zero-order valence-electron chi connectivity index (χ0n) is 19.7. The van der Waals surface area contributed by atoms with Gasteiger partial charge in [0.15, 0.2) is 0 Å². The fourth-order valence-corrected chi connectivity index (χ4v) is 4.04. The average molecular weight is 440 g/mol. The van der Waals surface area contributed by atoms with Gasteiger partial charge in [-0.3, -0.25) is 0 Å². The van der Waals surface area contributed by atoms with E-state index in [0.29, 0.717) is 0 Å². The molecule has 0 fully saturated rings. The van der Waals surface area contributed by atoms with Gasteiger partial charge in [0.05, 0.1) is 24.9 Å². The molecular weight excluding hydrogens is 406 g/mol. The number of nitrogens with zero attached hydrogens (tertiary/aromatic N) is 1. The van der Waals surface area contributed by atoms with E-state index in [1.807, 2.05) is 18.2 Å². The van der Waals surface area contributed by atoms with E-state index < -0.39 is 0 Å². The Bertz CT molecular complexity index is 1150. The van der Waals surface area contributed by atoms with Crippen LogP contribution in [0.25, 0.3) is 33.3 Å². The van der Waals surface area contributed by atoms with E-state index in [0.717, 1.165) is 46.7 Å². The molecule has 0 unspecified atom stereocenters. The smallest absolute Gasteiger partial charge is 0.119 e. The molecule has 0 radical (unpaired) electrons. The van der Waals surface area contributed by atoms with Crippen molar-refractivity contribution in [1.82, 2.24) is 4.98 Å². The van der Waals surface area contributed by atoms with Crippen molar-refractivity contribution in [2.75, 3.05) is 13.7 Å². The molecule has 0 aliphatic carbocycles. The van der Waals surface area contributed by atoms with Crippen LogP contribution in [0.3, 0.4) is 0 Å². The fraction of sp³-hybridized carbons (Fsp3) is 0.300. The minimum Gasteiger partial charge on any atom is -0.497 e. The number of unbranched alkanes of at least 4 members (excludes halogenated alkanes) is 5. The second-order valence-electron chi connectivity index (χ2n) is 8.47. The van der Waals surface area contributed by atoms with Gasteiger partial charge in [-0.25, -0.2) is 4.98 Å². The number of fused-ring (bicyclic) bond motifs is 1. The van der Waals surface area contributed by atoms with Crippen molar-refractivity contribution < 1.29 is 9.47 Å². The van der Waals surface area contributed by atoms with E-state index in [9.17, 15) is 0 Å². The number of pyridine rings is 1. The third-order valence-corrected chi connectivity index (χ3v) is 6.03. The van der Waals surface area contributed by atoms with Crippen LogP contribution >= 0.6 is 0 Å². The minimum atomic E-state index is 0.797. The third kappa shape index (κ3) is 6.13. The summed E-state index contributed by atoms with van der Waals surface area (Å²) in [5, 5.41) is 1.08. The highest BCUT2D eigenvalue weighted by Crippen LogP contribution is 2.27. The maximum atomic E-state index is 5.91. The van der Waals surface area contributed by atoms with Gasteiger partial charge in [0.25, 0.3) is 0 Å². The van der Waals surface area contributed by atoms with Crippen LogP contribution in [0.5, 0.6) is 11.5 Å². The molecule has 3 aromatic carbocycles. The first-order valence-electron chi connectivity index (χ1n) is 12.1. The van der Waals surface area contributed by atoms with Gasteiger partial charge in [0.1, 0.15) is 11.5 Å². The monoisotopic (exact) mass is 439 g/mol. The Hall–Kier alpha value is -3.33. The molecule has 1 heterocycles. The van der Waals surface area contributed by atoms with E-state index in [4.69, 9.17) is 14.5 Å². The molecule has 0 amide bonds. The van der Waals surface area contributed by atoms with Crippen molar-refractivity contribution in [3.05, 3.63) is 78.9 Å². The van der Waals surface area contributed by atoms with Gasteiger partial charge < -0.3 is 9.47 Å². The summed E-state index contributed by atoms with van der Waals surface area (Å²) >= 11 is 0. The molecule has 0 aliphatic heterocycles. The topological polar surface area (TPSA) is 31.4 Å². The molecule has 0 aliphatic rings. The number of rotatable bonds is 11. The standard InChI is InChI=1S/C30H33NO2/c1-3-4-5-6-7-8-21-33-27-16-13-24(14-17-27)23-9-11-25(12-10-23)29-19-15-26-22-28(32-2)18-20-30(26)31-29/h9-20,22H,3-8,21H2,1-2H3. The van der Waals surface area contributed by atoms with Crippen molar-refractivity contribution in [2.45, 2.75) is 45.4 Å². The predicted octanol–water partition coefficient (Wildman–Crippen LogP) is 8.32. The van der Waals surface area contributed by atoms with Gasteiger partial charge in [0.2, 0.25) is 0 Å². The van der Waals surface area contributed by atoms with Crippen LogP contribution in [0.2, 0.25) is 0 Å². The Morgan fingerprint density at radius 2 is 1.27 bits per heavy atom. The van der Waals surface area contributed by atoms with Crippen molar-refractivity contribution >= 4 is 10.9 Å². The van der Waals surface area contributed by atoms with E-state index in [1.54, 1.807) is 7.11 Å². The Balaban J connectivity index is 1.35. The quantitative estimate of drug-likeness (QED) is 0.220. The SMILES string of the molecule is CCCCCCCCOc1ccc(-c2ccc(-c3ccc4cc(OC)ccc4n3)cc2)cc1. The average Bonchev–Trinajstić information content (AvgIpc) is 2.88. The lowest BCUT2D eigenvalue weighted by Gasteiger charge is -2.09. The zero-order chi connectivity index (χ0) is 22.9. The molecule has 4 rings (SSSR count). The zero-order valence-corrected chi connectivity index (χ0v) is 19.7. The van der Waals surface area contributed by atoms with Crippen LogP contribution in [-0.2, 0) is 0 Å². The van der Waals surface area contributed by atoms with Crippen LogP contribution in [0.1, 0.15) is 45.4 Å². The molecule has 170 valence electrons. The largest absolute Gasteiger partial charge is 0.497 e. The lowest BCUT2D eigenvalue weighted by molar-refractivity contribution is 0.304. The van der Waals surface area contributed by atoms with Crippen molar-refractivity contribution in [3.8, 4) is 33.9 Å². The Morgan fingerprint density at radius 1 is 0.636 bits per heavy atom. The summed E-state index contributed by atoms with van der Waals surface area (Å²) in [5.74, 6) is 1.79. The maximum absolute atomic E-state index is 5.91. The Morgan fingerprint density at radius 3 is 2.00 bits per heavy atom. The number of hydrogen-bond donors (Lipinski definition) is 0. The lowest BCUT2D eigenvalue weighted by Crippen LogP contribution is -1.97. The van der Waals surface area contributed by atoms with E-state index in [-0.39, 0.29) is 0 Å². The molecule has 0 atom stereocenters. The van der Waals surface area contributed by atoms with Crippen molar-refractivity contribution in [2.24, 2.45) is 0 Å². The summed E-state index contributed by atoms with van der Waals surface area (Å²) in [6.07, 6.45) is 7.68. The molecule has 1 aromatic heterocycles. The first-order valence-corrected chi connectivity index (χ1v) is 12.1. The highest BCUT2D eigenvalue weighted by Gasteiger charge is 2.05. The number of benzene rings is 3. The molecule has 0 saturated heterocycles. The summed E-state index contributed by atoms with van der Waals surface area (Å²) in [6, 6.07) is 27.1. The predicted molar refractivity (Wildman–Crippen MR) is 138 cm³/mol. The summed E-state index contributed by atoms with van der Waals surface area (Å²) in [6.45, 7) is 3.05. The highest BCUT2D eigenvalue weighted by molar-refractivity contribution is 5.83. The molecule has 4 aromatic rings. The first kappa shape index (κ1) is 22.8. The number of ether oxygens (including phenoxy) is 2. The van der Waals surface area contributed by atoms with Gasteiger partial charge in [-0.2, -0.15) is 0 Å². The number of aromatic nitrogens is 1. The van der Waals surface area contributed by atoms with Crippen molar-refractivity contribution in [3.63, 3.8) is 0 Å². The Kier molecular flexibility index (Phi) is 7.97. The van der Waals surface area contributed by atoms with Crippen LogP contribution in [0.15, 0.2) is 78.9 Å². The van der Waals surface area contributed by atoms with Crippen molar-refractivity contribution in [1.29, 1.82) is 0 Å². The minimum absolute atomic E-state index is 0.797. The molecule has 3 nitrogen and oxygen atoms in total. The molecule has 0 N–H and O–H groups in total. The molecule has 0 spiro atoms. The Labute approximate surface area is 197 Å². The van der Waals surface area contributed by atoms with Crippen LogP contribution in [0.4, 0.5) is 0 Å². The van der Waals surface area contributed by atoms with E-state index in [2.05, 4.69) is 67.6 Å². The normalized spacial score (nSPS) is 11.0. The fourth-order valence-electron chi connectivity index (χ4n) is 4.04. The van der Waals surface area contributed by atoms with Gasteiger partial charge in [-0.05, 0) is 53.9 Å². The number of methoxy groups -OCH3 is 1. The van der Waals surface area contributed by atoms with Gasteiger partial charge in [-0.1, -0.05) is 81.5 Å². The molecule has 0 bridgehead atoms. The van der Waals surface area contributed by atoms with Crippen LogP contribution in [-0.4, -0.2) is 18.7 Å².